The lowest BCUT2D eigenvalue weighted by Crippen LogP contribution is -2.48. The number of rotatable bonds is 7. The van der Waals surface area contributed by atoms with E-state index >= 15 is 0 Å². The number of aromatic nitrogens is 4. The molecule has 0 bridgehead atoms. The minimum atomic E-state index is -1.30. The number of alkyl halides is 1. The number of nitrogens with one attached hydrogen (secondary N) is 3. The number of hydrogen-bond donors (Lipinski definition) is 5. The monoisotopic (exact) mass is 670 g/mol. The number of halogens is 2. The van der Waals surface area contributed by atoms with Gasteiger partial charge in [0.05, 0.1) is 17.8 Å². The maximum Gasteiger partial charge on any atom is 0.419 e. The molecule has 2 aliphatic heterocycles. The summed E-state index contributed by atoms with van der Waals surface area (Å²) in [4.78, 5) is 44.9. The SMILES string of the molecule is CN1C=CC(N(N)C(=O)c2nc(Br)sc2C(=O)OC(C)(C)C)=CC1c1n[nH]nc1N1CCC(F)C(NNC(=O)O)CC1. The summed E-state index contributed by atoms with van der Waals surface area (Å²) in [5.74, 6) is 5.35. The van der Waals surface area contributed by atoms with Crippen LogP contribution in [0, 0.1) is 0 Å². The average Bonchev–Trinajstić information content (AvgIpc) is 3.51. The molecule has 2 aromatic rings. The van der Waals surface area contributed by atoms with Crippen LogP contribution in [0.4, 0.5) is 15.0 Å². The van der Waals surface area contributed by atoms with E-state index in [1.54, 1.807) is 39.1 Å². The molecule has 18 heteroatoms. The van der Waals surface area contributed by atoms with Crippen molar-refractivity contribution in [3.63, 3.8) is 0 Å². The molecule has 0 radical (unpaired) electrons. The van der Waals surface area contributed by atoms with Crippen LogP contribution in [0.15, 0.2) is 28.0 Å². The van der Waals surface area contributed by atoms with Crippen molar-refractivity contribution in [1.82, 2.24) is 41.2 Å². The number of carbonyl (C=O) groups is 3. The van der Waals surface area contributed by atoms with Crippen molar-refractivity contribution < 1.29 is 28.6 Å². The number of amides is 2. The second-order valence-electron chi connectivity index (χ2n) is 10.6. The van der Waals surface area contributed by atoms with Gasteiger partial charge in [-0.3, -0.25) is 10.2 Å². The zero-order valence-corrected chi connectivity index (χ0v) is 25.7. The molecular formula is C24H32BrFN10O5S. The summed E-state index contributed by atoms with van der Waals surface area (Å²) in [6, 6.07) is -1.22. The number of hydrazine groups is 2. The Hall–Kier alpha value is -3.61. The summed E-state index contributed by atoms with van der Waals surface area (Å²) in [6.45, 7) is 5.87. The zero-order chi connectivity index (χ0) is 30.8. The number of carbonyl (C=O) groups excluding carboxylic acids is 2. The Morgan fingerprint density at radius 1 is 1.29 bits per heavy atom. The van der Waals surface area contributed by atoms with Crippen molar-refractivity contribution in [1.29, 1.82) is 0 Å². The number of aromatic amines is 1. The van der Waals surface area contributed by atoms with Crippen LogP contribution in [0.3, 0.4) is 0 Å². The third-order valence-corrected chi connectivity index (χ3v) is 7.94. The van der Waals surface area contributed by atoms with Gasteiger partial charge in [-0.05, 0) is 61.7 Å². The number of thiazole rings is 1. The molecular weight excluding hydrogens is 639 g/mol. The Kier molecular flexibility index (Phi) is 9.49. The van der Waals surface area contributed by atoms with E-state index in [1.807, 2.05) is 22.3 Å². The second-order valence-corrected chi connectivity index (χ2v) is 12.9. The van der Waals surface area contributed by atoms with E-state index in [1.165, 1.54) is 0 Å². The van der Waals surface area contributed by atoms with Gasteiger partial charge in [-0.2, -0.15) is 10.3 Å². The Bertz CT molecular complexity index is 1390. The number of anilines is 1. The molecule has 2 amide bonds. The minimum absolute atomic E-state index is 0.0174. The highest BCUT2D eigenvalue weighted by molar-refractivity contribution is 9.11. The molecule has 3 unspecified atom stereocenters. The maximum atomic E-state index is 14.7. The lowest BCUT2D eigenvalue weighted by atomic mass is 10.1. The Balaban J connectivity index is 1.55. The van der Waals surface area contributed by atoms with Gasteiger partial charge in [0.15, 0.2) is 15.4 Å². The van der Waals surface area contributed by atoms with E-state index in [2.05, 4.69) is 41.8 Å². The van der Waals surface area contributed by atoms with E-state index in [4.69, 9.17) is 15.7 Å². The van der Waals surface area contributed by atoms with Gasteiger partial charge in [-0.1, -0.05) is 11.3 Å². The summed E-state index contributed by atoms with van der Waals surface area (Å²) < 4.78 is 20.5. The lowest BCUT2D eigenvalue weighted by Gasteiger charge is -2.31. The molecule has 1 fully saturated rings. The second kappa shape index (κ2) is 12.7. The third kappa shape index (κ3) is 7.23. The number of carboxylic acid groups (broad SMARTS) is 1. The molecule has 0 spiro atoms. The number of H-pyrrole nitrogens is 1. The topological polar surface area (TPSA) is 195 Å². The quantitative estimate of drug-likeness (QED) is 0.125. The van der Waals surface area contributed by atoms with Gasteiger partial charge in [0.1, 0.15) is 22.3 Å². The van der Waals surface area contributed by atoms with Crippen LogP contribution in [0.2, 0.25) is 0 Å². The zero-order valence-electron chi connectivity index (χ0n) is 23.3. The van der Waals surface area contributed by atoms with Crippen molar-refractivity contribution in [3.8, 4) is 0 Å². The number of esters is 1. The summed E-state index contributed by atoms with van der Waals surface area (Å²) >= 11 is 4.20. The summed E-state index contributed by atoms with van der Waals surface area (Å²) in [7, 11) is 1.81. The van der Waals surface area contributed by atoms with Crippen LogP contribution >= 0.6 is 27.3 Å². The fourth-order valence-electron chi connectivity index (χ4n) is 4.45. The van der Waals surface area contributed by atoms with E-state index in [0.29, 0.717) is 40.6 Å². The highest BCUT2D eigenvalue weighted by atomic mass is 79.9. The number of nitrogens with two attached hydrogens (primary N) is 1. The Labute approximate surface area is 253 Å². The first kappa shape index (κ1) is 31.3. The number of nitrogens with zero attached hydrogens (tertiary/aromatic N) is 6. The maximum absolute atomic E-state index is 14.7. The van der Waals surface area contributed by atoms with Crippen LogP contribution in [-0.4, -0.2) is 91.3 Å². The van der Waals surface area contributed by atoms with E-state index < -0.39 is 41.8 Å². The normalized spacial score (nSPS) is 21.0. The fourth-order valence-corrected chi connectivity index (χ4v) is 5.77. The van der Waals surface area contributed by atoms with Gasteiger partial charge >= 0.3 is 12.1 Å². The van der Waals surface area contributed by atoms with Gasteiger partial charge in [-0.25, -0.2) is 35.2 Å². The number of ether oxygens (including phenoxy) is 1. The molecule has 0 aromatic carbocycles. The first-order valence-corrected chi connectivity index (χ1v) is 14.5. The average molecular weight is 672 g/mol. The van der Waals surface area contributed by atoms with Gasteiger partial charge in [0.25, 0.3) is 5.91 Å². The number of allylic oxidation sites excluding steroid dienone is 1. The molecule has 4 heterocycles. The molecule has 15 nitrogen and oxygen atoms in total. The third-order valence-electron chi connectivity index (χ3n) is 6.45. The lowest BCUT2D eigenvalue weighted by molar-refractivity contribution is 0.00723. The highest BCUT2D eigenvalue weighted by Gasteiger charge is 2.34. The predicted molar refractivity (Wildman–Crippen MR) is 154 cm³/mol. The molecule has 2 aromatic heterocycles. The van der Waals surface area contributed by atoms with Crippen molar-refractivity contribution in [2.24, 2.45) is 5.84 Å². The summed E-state index contributed by atoms with van der Waals surface area (Å²) in [5, 5.41) is 21.0. The van der Waals surface area contributed by atoms with Crippen molar-refractivity contribution in [3.05, 3.63) is 44.2 Å². The summed E-state index contributed by atoms with van der Waals surface area (Å²) in [5.41, 5.74) is 4.45. The van der Waals surface area contributed by atoms with Crippen LogP contribution in [0.1, 0.15) is 65.5 Å². The molecule has 0 aliphatic carbocycles. The largest absolute Gasteiger partial charge is 0.464 e. The van der Waals surface area contributed by atoms with E-state index in [-0.39, 0.29) is 17.0 Å². The van der Waals surface area contributed by atoms with Crippen molar-refractivity contribution in [2.75, 3.05) is 25.0 Å². The van der Waals surface area contributed by atoms with Crippen LogP contribution < -0.4 is 21.6 Å². The molecule has 42 heavy (non-hydrogen) atoms. The number of likely N-dealkylation sites (N-methyl/N-ethyl adjacent to an activating group) is 1. The highest BCUT2D eigenvalue weighted by Crippen LogP contribution is 2.33. The molecule has 3 atom stereocenters. The minimum Gasteiger partial charge on any atom is -0.464 e. The Morgan fingerprint density at radius 3 is 2.69 bits per heavy atom. The van der Waals surface area contributed by atoms with Crippen molar-refractivity contribution >= 4 is 51.1 Å². The van der Waals surface area contributed by atoms with Crippen LogP contribution in [-0.2, 0) is 4.74 Å². The Morgan fingerprint density at radius 2 is 2.00 bits per heavy atom. The molecule has 228 valence electrons. The van der Waals surface area contributed by atoms with Crippen molar-refractivity contribution in [2.45, 2.75) is 57.5 Å². The molecule has 2 aliphatic rings. The molecule has 0 saturated carbocycles. The van der Waals surface area contributed by atoms with Gasteiger partial charge in [-0.15, -0.1) is 5.10 Å². The first-order valence-electron chi connectivity index (χ1n) is 12.9. The molecule has 4 rings (SSSR count). The molecule has 1 saturated heterocycles. The van der Waals surface area contributed by atoms with Gasteiger partial charge in [0.2, 0.25) is 0 Å². The number of hydrogen-bond acceptors (Lipinski definition) is 12. The summed E-state index contributed by atoms with van der Waals surface area (Å²) in [6.07, 6.45) is 2.93. The standard InChI is InChI=1S/C24H32BrFN10O5S/c1-24(2,3)41-21(38)18-17(28-22(25)42-18)20(37)36(27)12-5-8-34(4)15(11-12)16-19(31-33-30-16)35-9-6-13(26)14(7-10-35)29-32-23(39)40/h5,8,11,13-15,29,32H,6-7,9-10,27H2,1-4H3,(H,39,40)(H,30,31,33). The predicted octanol–water partition coefficient (Wildman–Crippen LogP) is 2.46. The smallest absolute Gasteiger partial charge is 0.419 e. The van der Waals surface area contributed by atoms with E-state index in [0.717, 1.165) is 16.3 Å². The van der Waals surface area contributed by atoms with Gasteiger partial charge in [0, 0.05) is 26.3 Å². The first-order chi connectivity index (χ1) is 19.7. The van der Waals surface area contributed by atoms with Crippen LogP contribution in [0.25, 0.3) is 0 Å². The fraction of sp³-hybridized carbons (Fsp3) is 0.500. The van der Waals surface area contributed by atoms with Gasteiger partial charge < -0.3 is 19.6 Å². The van der Waals surface area contributed by atoms with Crippen LogP contribution in [0.5, 0.6) is 0 Å². The molecule has 6 N–H and O–H groups in total. The van der Waals surface area contributed by atoms with E-state index in [9.17, 15) is 18.8 Å².